The highest BCUT2D eigenvalue weighted by Crippen LogP contribution is 2.53. The van der Waals surface area contributed by atoms with E-state index in [2.05, 4.69) is 52.5 Å². The Morgan fingerprint density at radius 3 is 2.43 bits per heavy atom. The van der Waals surface area contributed by atoms with Crippen molar-refractivity contribution in [1.29, 1.82) is 0 Å². The van der Waals surface area contributed by atoms with Crippen LogP contribution in [0.2, 0.25) is 0 Å². The monoisotopic (exact) mass is 573 g/mol. The molecule has 3 aliphatic rings. The number of likely N-dealkylation sites (tertiary alicyclic amines) is 1. The van der Waals surface area contributed by atoms with Crippen LogP contribution in [0.25, 0.3) is 11.4 Å². The van der Waals surface area contributed by atoms with Crippen LogP contribution in [-0.2, 0) is 37.4 Å². The fourth-order valence-electron chi connectivity index (χ4n) is 6.94. The molecule has 2 saturated heterocycles. The second kappa shape index (κ2) is 11.9. The second-order valence-electron chi connectivity index (χ2n) is 13.1. The summed E-state index contributed by atoms with van der Waals surface area (Å²) >= 11 is 0. The number of aryl methyl sites for hydroxylation is 1. The molecule has 2 aliphatic heterocycles. The summed E-state index contributed by atoms with van der Waals surface area (Å²) in [6.45, 7) is 9.30. The zero-order chi connectivity index (χ0) is 29.2. The van der Waals surface area contributed by atoms with Crippen molar-refractivity contribution in [1.82, 2.24) is 15.0 Å². The number of hydrogen-bond acceptors (Lipinski definition) is 8. The summed E-state index contributed by atoms with van der Waals surface area (Å²) in [5, 5.41) is 4.28. The standard InChI is InChI=1S/C34H43N3O5/c1-32(2,3)41-31(38)27-23-37(24-27)22-25-13-15-26(16-14-25)30-35-29(42-36-30)12-9-18-33(28-10-5-4-6-11-28)17-7-8-19-34(33)39-20-21-40-34/h4-6,10-11,13-16,27H,7-9,12,17-24H2,1-3H3. The Labute approximate surface area is 248 Å². The molecule has 1 saturated carbocycles. The summed E-state index contributed by atoms with van der Waals surface area (Å²) in [7, 11) is 0. The third-order valence-corrected chi connectivity index (χ3v) is 8.95. The third kappa shape index (κ3) is 6.03. The van der Waals surface area contributed by atoms with Crippen LogP contribution in [0.1, 0.15) is 76.3 Å². The van der Waals surface area contributed by atoms with Gasteiger partial charge in [0, 0.05) is 43.5 Å². The quantitative estimate of drug-likeness (QED) is 0.284. The molecule has 1 unspecified atom stereocenters. The van der Waals surface area contributed by atoms with Gasteiger partial charge in [-0.3, -0.25) is 9.69 Å². The van der Waals surface area contributed by atoms with Gasteiger partial charge in [0.05, 0.1) is 19.1 Å². The average Bonchev–Trinajstić information content (AvgIpc) is 3.62. The molecule has 3 heterocycles. The van der Waals surface area contributed by atoms with E-state index in [0.717, 1.165) is 57.3 Å². The van der Waals surface area contributed by atoms with Crippen LogP contribution in [0, 0.1) is 5.92 Å². The van der Waals surface area contributed by atoms with Gasteiger partial charge in [-0.15, -0.1) is 0 Å². The van der Waals surface area contributed by atoms with Gasteiger partial charge in [-0.1, -0.05) is 66.2 Å². The molecule has 3 fully saturated rings. The van der Waals surface area contributed by atoms with E-state index in [1.54, 1.807) is 0 Å². The highest BCUT2D eigenvalue weighted by atomic mass is 16.7. The Morgan fingerprint density at radius 1 is 1.00 bits per heavy atom. The van der Waals surface area contributed by atoms with Gasteiger partial charge in [-0.25, -0.2) is 0 Å². The maximum atomic E-state index is 12.2. The molecule has 8 nitrogen and oxygen atoms in total. The average molecular weight is 574 g/mol. The lowest BCUT2D eigenvalue weighted by molar-refractivity contribution is -0.229. The first-order valence-electron chi connectivity index (χ1n) is 15.5. The number of carbonyl (C=O) groups is 1. The Bertz CT molecular complexity index is 1340. The molecule has 1 atom stereocenters. The molecule has 8 heteroatoms. The van der Waals surface area contributed by atoms with E-state index in [9.17, 15) is 4.79 Å². The lowest BCUT2D eigenvalue weighted by Crippen LogP contribution is -2.54. The molecule has 1 spiro atoms. The van der Waals surface area contributed by atoms with E-state index >= 15 is 0 Å². The Morgan fingerprint density at radius 2 is 1.71 bits per heavy atom. The molecule has 42 heavy (non-hydrogen) atoms. The van der Waals surface area contributed by atoms with Gasteiger partial charge in [-0.2, -0.15) is 4.98 Å². The van der Waals surface area contributed by atoms with Gasteiger partial charge in [0.25, 0.3) is 0 Å². The van der Waals surface area contributed by atoms with E-state index in [4.69, 9.17) is 23.7 Å². The number of rotatable bonds is 9. The first-order chi connectivity index (χ1) is 20.3. The van der Waals surface area contributed by atoms with Crippen molar-refractivity contribution in [2.75, 3.05) is 26.3 Å². The summed E-state index contributed by atoms with van der Waals surface area (Å²) < 4.78 is 24.0. The van der Waals surface area contributed by atoms with Crippen LogP contribution in [0.4, 0.5) is 0 Å². The number of benzene rings is 2. The third-order valence-electron chi connectivity index (χ3n) is 8.95. The largest absolute Gasteiger partial charge is 0.460 e. The predicted molar refractivity (Wildman–Crippen MR) is 159 cm³/mol. The van der Waals surface area contributed by atoms with E-state index in [-0.39, 0.29) is 17.3 Å². The second-order valence-corrected chi connectivity index (χ2v) is 13.1. The van der Waals surface area contributed by atoms with Gasteiger partial charge < -0.3 is 18.7 Å². The van der Waals surface area contributed by atoms with E-state index in [0.29, 0.717) is 31.3 Å². The Hall–Kier alpha value is -3.07. The van der Waals surface area contributed by atoms with Crippen molar-refractivity contribution in [2.24, 2.45) is 5.92 Å². The minimum atomic E-state index is -0.541. The fourth-order valence-corrected chi connectivity index (χ4v) is 6.94. The van der Waals surface area contributed by atoms with E-state index < -0.39 is 11.4 Å². The lowest BCUT2D eigenvalue weighted by atomic mass is 9.62. The molecule has 0 bridgehead atoms. The van der Waals surface area contributed by atoms with Gasteiger partial charge in [0.2, 0.25) is 11.7 Å². The summed E-state index contributed by atoms with van der Waals surface area (Å²) in [6.07, 6.45) is 6.85. The maximum Gasteiger partial charge on any atom is 0.312 e. The lowest BCUT2D eigenvalue weighted by Gasteiger charge is -2.50. The molecule has 224 valence electrons. The molecule has 0 radical (unpaired) electrons. The zero-order valence-electron chi connectivity index (χ0n) is 25.1. The number of esters is 1. The molecule has 0 N–H and O–H groups in total. The molecule has 3 aromatic rings. The van der Waals surface area contributed by atoms with Crippen LogP contribution in [0.3, 0.4) is 0 Å². The van der Waals surface area contributed by atoms with Crippen molar-refractivity contribution < 1.29 is 23.5 Å². The molecule has 6 rings (SSSR count). The number of nitrogens with zero attached hydrogens (tertiary/aromatic N) is 3. The SMILES string of the molecule is CC(C)(C)OC(=O)C1CN(Cc2ccc(-c3noc(CCCC4(c5ccccc5)CCCCC45OCCO5)n3)cc2)C1. The fraction of sp³-hybridized carbons (Fsp3) is 0.559. The smallest absolute Gasteiger partial charge is 0.312 e. The van der Waals surface area contributed by atoms with Crippen molar-refractivity contribution >= 4 is 5.97 Å². The normalized spacial score (nSPS) is 22.7. The van der Waals surface area contributed by atoms with Gasteiger partial charge in [0.15, 0.2) is 5.79 Å². The van der Waals surface area contributed by atoms with Crippen molar-refractivity contribution in [3.8, 4) is 11.4 Å². The molecule has 1 aromatic heterocycles. The minimum absolute atomic E-state index is 0.0364. The van der Waals surface area contributed by atoms with Crippen LogP contribution in [0.15, 0.2) is 59.1 Å². The first-order valence-corrected chi connectivity index (χ1v) is 15.5. The highest BCUT2D eigenvalue weighted by Gasteiger charge is 2.57. The summed E-state index contributed by atoms with van der Waals surface area (Å²) in [6, 6.07) is 19.0. The summed E-state index contributed by atoms with van der Waals surface area (Å²) in [5.74, 6) is 0.589. The number of carbonyl (C=O) groups excluding carboxylic acids is 1. The van der Waals surface area contributed by atoms with Crippen LogP contribution < -0.4 is 0 Å². The van der Waals surface area contributed by atoms with Gasteiger partial charge in [0.1, 0.15) is 5.60 Å². The van der Waals surface area contributed by atoms with Crippen molar-refractivity contribution in [2.45, 2.75) is 89.1 Å². The summed E-state index contributed by atoms with van der Waals surface area (Å²) in [4.78, 5) is 19.2. The van der Waals surface area contributed by atoms with Gasteiger partial charge >= 0.3 is 5.97 Å². The number of ether oxygens (including phenoxy) is 3. The number of hydrogen-bond donors (Lipinski definition) is 0. The highest BCUT2D eigenvalue weighted by molar-refractivity contribution is 5.74. The van der Waals surface area contributed by atoms with Crippen molar-refractivity contribution in [3.63, 3.8) is 0 Å². The van der Waals surface area contributed by atoms with Crippen molar-refractivity contribution in [3.05, 3.63) is 71.6 Å². The topological polar surface area (TPSA) is 86.9 Å². The molecule has 0 amide bonds. The zero-order valence-corrected chi connectivity index (χ0v) is 25.1. The summed E-state index contributed by atoms with van der Waals surface area (Å²) in [5.41, 5.74) is 2.81. The van der Waals surface area contributed by atoms with Gasteiger partial charge in [-0.05, 0) is 57.6 Å². The predicted octanol–water partition coefficient (Wildman–Crippen LogP) is 6.09. The number of aromatic nitrogens is 2. The minimum Gasteiger partial charge on any atom is -0.460 e. The van der Waals surface area contributed by atoms with Crippen LogP contribution in [0.5, 0.6) is 0 Å². The Balaban J connectivity index is 1.04. The molecular weight excluding hydrogens is 530 g/mol. The maximum absolute atomic E-state index is 12.2. The van der Waals surface area contributed by atoms with Crippen LogP contribution >= 0.6 is 0 Å². The van der Waals surface area contributed by atoms with E-state index in [1.165, 1.54) is 17.5 Å². The molecule has 2 aromatic carbocycles. The van der Waals surface area contributed by atoms with E-state index in [1.807, 2.05) is 32.9 Å². The Kier molecular flexibility index (Phi) is 8.22. The van der Waals surface area contributed by atoms with Crippen LogP contribution in [-0.4, -0.2) is 58.7 Å². The first kappa shape index (κ1) is 29.0. The molecular formula is C34H43N3O5. The molecule has 1 aliphatic carbocycles.